The van der Waals surface area contributed by atoms with Crippen molar-refractivity contribution >= 4 is 28.5 Å². The lowest BCUT2D eigenvalue weighted by molar-refractivity contribution is -0.151. The van der Waals surface area contributed by atoms with Crippen LogP contribution in [0.1, 0.15) is 12.8 Å². The molecule has 0 N–H and O–H groups in total. The minimum Gasteiger partial charge on any atom is -0.493 e. The molecule has 4 rings (SSSR count). The van der Waals surface area contributed by atoms with Crippen molar-refractivity contribution in [2.24, 2.45) is 5.92 Å². The lowest BCUT2D eigenvalue weighted by atomic mass is 9.82. The first-order valence-corrected chi connectivity index (χ1v) is 10.1. The highest BCUT2D eigenvalue weighted by Gasteiger charge is 2.37. The zero-order chi connectivity index (χ0) is 22.1. The number of para-hydroxylation sites is 1. The van der Waals surface area contributed by atoms with Gasteiger partial charge in [-0.05, 0) is 37.1 Å². The van der Waals surface area contributed by atoms with Crippen molar-refractivity contribution in [3.8, 4) is 28.6 Å². The Hall–Kier alpha value is -3.19. The first kappa shape index (κ1) is 21.1. The van der Waals surface area contributed by atoms with Gasteiger partial charge in [0.1, 0.15) is 11.9 Å². The quantitative estimate of drug-likeness (QED) is 0.519. The summed E-state index contributed by atoms with van der Waals surface area (Å²) in [5.74, 6) is 1.15. The van der Waals surface area contributed by atoms with E-state index in [2.05, 4.69) is 0 Å². The molecule has 3 aromatic rings. The van der Waals surface area contributed by atoms with E-state index in [1.165, 1.54) is 27.4 Å². The summed E-state index contributed by atoms with van der Waals surface area (Å²) < 4.78 is 27.8. The largest absolute Gasteiger partial charge is 0.493 e. The van der Waals surface area contributed by atoms with Crippen LogP contribution in [-0.2, 0) is 9.53 Å². The van der Waals surface area contributed by atoms with Crippen molar-refractivity contribution in [1.82, 2.24) is 0 Å². The first-order chi connectivity index (χ1) is 14.9. The summed E-state index contributed by atoms with van der Waals surface area (Å²) >= 11 is 6.23. The third-order valence-corrected chi connectivity index (χ3v) is 5.66. The van der Waals surface area contributed by atoms with Crippen LogP contribution < -0.4 is 19.6 Å². The number of ether oxygens (including phenoxy) is 4. The number of hydrogen-bond acceptors (Lipinski definition) is 7. The van der Waals surface area contributed by atoms with Gasteiger partial charge in [-0.15, -0.1) is 0 Å². The number of carbonyl (C=O) groups is 1. The van der Waals surface area contributed by atoms with Crippen LogP contribution in [0, 0.1) is 5.92 Å². The van der Waals surface area contributed by atoms with Crippen LogP contribution in [0.25, 0.3) is 22.3 Å². The summed E-state index contributed by atoms with van der Waals surface area (Å²) in [5, 5.41) is 0.744. The summed E-state index contributed by atoms with van der Waals surface area (Å²) in [6.07, 6.45) is 0.919. The number of fused-ring (bicyclic) bond motifs is 1. The van der Waals surface area contributed by atoms with Crippen molar-refractivity contribution in [2.75, 3.05) is 21.3 Å². The number of hydrogen-bond donors (Lipinski definition) is 0. The molecule has 8 heteroatoms. The minimum atomic E-state index is -0.243. The van der Waals surface area contributed by atoms with Crippen LogP contribution in [-0.4, -0.2) is 33.4 Å². The Bertz CT molecular complexity index is 1190. The fourth-order valence-electron chi connectivity index (χ4n) is 3.64. The van der Waals surface area contributed by atoms with E-state index in [1.807, 2.05) is 0 Å². The second kappa shape index (κ2) is 8.51. The van der Waals surface area contributed by atoms with Crippen molar-refractivity contribution in [3.05, 3.63) is 51.6 Å². The number of rotatable bonds is 6. The average Bonchev–Trinajstić information content (AvgIpc) is 2.75. The third-order valence-electron chi connectivity index (χ3n) is 5.36. The van der Waals surface area contributed by atoms with Gasteiger partial charge in [0.25, 0.3) is 0 Å². The second-order valence-corrected chi connectivity index (χ2v) is 7.64. The SMILES string of the molecule is COC(=O)C1CC(Oc2cc(-c3cc(=O)c4cccc(Cl)c4o3)cc(OC)c2OC)C1. The Morgan fingerprint density at radius 3 is 2.48 bits per heavy atom. The highest BCUT2D eigenvalue weighted by Crippen LogP contribution is 2.44. The molecule has 0 unspecified atom stereocenters. The van der Waals surface area contributed by atoms with Gasteiger partial charge in [0.2, 0.25) is 5.75 Å². The Balaban J connectivity index is 1.73. The van der Waals surface area contributed by atoms with Crippen LogP contribution in [0.2, 0.25) is 5.02 Å². The zero-order valence-corrected chi connectivity index (χ0v) is 18.0. The van der Waals surface area contributed by atoms with Crippen LogP contribution in [0.15, 0.2) is 45.6 Å². The van der Waals surface area contributed by atoms with Crippen molar-refractivity contribution in [2.45, 2.75) is 18.9 Å². The van der Waals surface area contributed by atoms with Crippen molar-refractivity contribution in [1.29, 1.82) is 0 Å². The molecule has 0 radical (unpaired) electrons. The van der Waals surface area contributed by atoms with E-state index in [-0.39, 0.29) is 23.4 Å². The lowest BCUT2D eigenvalue weighted by Gasteiger charge is -2.33. The summed E-state index contributed by atoms with van der Waals surface area (Å²) in [4.78, 5) is 24.2. The molecule has 1 fully saturated rings. The fourth-order valence-corrected chi connectivity index (χ4v) is 3.86. The van der Waals surface area contributed by atoms with E-state index in [1.54, 1.807) is 30.3 Å². The van der Waals surface area contributed by atoms with E-state index in [9.17, 15) is 9.59 Å². The fraction of sp³-hybridized carbons (Fsp3) is 0.304. The normalized spacial score (nSPS) is 17.7. The topological polar surface area (TPSA) is 84.2 Å². The molecule has 0 bridgehead atoms. The molecule has 0 atom stereocenters. The second-order valence-electron chi connectivity index (χ2n) is 7.23. The molecule has 1 aromatic heterocycles. The van der Waals surface area contributed by atoms with Gasteiger partial charge in [0.05, 0.1) is 37.7 Å². The predicted octanol–water partition coefficient (Wildman–Crippen LogP) is 4.46. The molecule has 31 heavy (non-hydrogen) atoms. The molecule has 1 saturated carbocycles. The first-order valence-electron chi connectivity index (χ1n) is 9.68. The molecule has 1 aliphatic carbocycles. The Morgan fingerprint density at radius 1 is 1.06 bits per heavy atom. The molecule has 0 spiro atoms. The van der Waals surface area contributed by atoms with E-state index in [4.69, 9.17) is 35.0 Å². The van der Waals surface area contributed by atoms with E-state index >= 15 is 0 Å². The maximum absolute atomic E-state index is 12.6. The highest BCUT2D eigenvalue weighted by molar-refractivity contribution is 6.34. The van der Waals surface area contributed by atoms with Gasteiger partial charge in [0, 0.05) is 11.6 Å². The molecule has 1 heterocycles. The van der Waals surface area contributed by atoms with E-state index < -0.39 is 0 Å². The van der Waals surface area contributed by atoms with Gasteiger partial charge in [-0.1, -0.05) is 17.7 Å². The Kier molecular flexibility index (Phi) is 5.78. The van der Waals surface area contributed by atoms with Gasteiger partial charge < -0.3 is 23.4 Å². The highest BCUT2D eigenvalue weighted by atomic mass is 35.5. The number of esters is 1. The summed E-state index contributed by atoms with van der Waals surface area (Å²) in [6, 6.07) is 9.84. The molecule has 2 aromatic carbocycles. The van der Waals surface area contributed by atoms with Crippen molar-refractivity contribution in [3.63, 3.8) is 0 Å². The van der Waals surface area contributed by atoms with Crippen molar-refractivity contribution < 1.29 is 28.2 Å². The predicted molar refractivity (Wildman–Crippen MR) is 115 cm³/mol. The smallest absolute Gasteiger partial charge is 0.308 e. The third kappa shape index (κ3) is 3.93. The number of halogens is 1. The van der Waals surface area contributed by atoms with E-state index in [0.29, 0.717) is 57.4 Å². The maximum Gasteiger partial charge on any atom is 0.308 e. The molecule has 0 saturated heterocycles. The average molecular weight is 445 g/mol. The summed E-state index contributed by atoms with van der Waals surface area (Å²) in [6.45, 7) is 0. The van der Waals surface area contributed by atoms with Crippen LogP contribution in [0.3, 0.4) is 0 Å². The number of carbonyl (C=O) groups excluding carboxylic acids is 1. The van der Waals surface area contributed by atoms with Gasteiger partial charge >= 0.3 is 5.97 Å². The molecule has 162 valence electrons. The Morgan fingerprint density at radius 2 is 1.81 bits per heavy atom. The summed E-state index contributed by atoms with van der Waals surface area (Å²) in [7, 11) is 4.39. The minimum absolute atomic E-state index is 0.170. The lowest BCUT2D eigenvalue weighted by Crippen LogP contribution is -2.38. The Labute approximate surface area is 183 Å². The number of methoxy groups -OCH3 is 3. The van der Waals surface area contributed by atoms with Gasteiger partial charge in [-0.25, -0.2) is 0 Å². The zero-order valence-electron chi connectivity index (χ0n) is 17.3. The molecular weight excluding hydrogens is 424 g/mol. The molecule has 0 amide bonds. The number of benzene rings is 2. The standard InChI is InChI=1S/C23H21ClO7/c1-27-19-9-12(18-11-17(25)15-5-4-6-16(24)21(15)31-18)10-20(22(19)28-2)30-14-7-13(8-14)23(26)29-3/h4-6,9-11,13-14H,7-8H2,1-3H3. The van der Waals surface area contributed by atoms with E-state index in [0.717, 1.165) is 0 Å². The van der Waals surface area contributed by atoms with Crippen LogP contribution in [0.5, 0.6) is 17.2 Å². The molecular formula is C23H21ClO7. The van der Waals surface area contributed by atoms with Crippen LogP contribution in [0.4, 0.5) is 0 Å². The molecule has 0 aliphatic heterocycles. The maximum atomic E-state index is 12.6. The van der Waals surface area contributed by atoms with Crippen LogP contribution >= 0.6 is 11.6 Å². The molecule has 7 nitrogen and oxygen atoms in total. The molecule has 1 aliphatic rings. The van der Waals surface area contributed by atoms with Gasteiger partial charge in [-0.3, -0.25) is 9.59 Å². The van der Waals surface area contributed by atoms with Gasteiger partial charge in [-0.2, -0.15) is 0 Å². The van der Waals surface area contributed by atoms with Gasteiger partial charge in [0.15, 0.2) is 22.5 Å². The monoisotopic (exact) mass is 444 g/mol. The summed E-state index contributed by atoms with van der Waals surface area (Å²) in [5.41, 5.74) is 0.662.